The maximum absolute atomic E-state index is 5.54. The topological polar surface area (TPSA) is 21.3 Å². The first kappa shape index (κ1) is 15.1. The summed E-state index contributed by atoms with van der Waals surface area (Å²) in [6.45, 7) is 3.15. The monoisotopic (exact) mass is 333 g/mol. The van der Waals surface area contributed by atoms with Crippen LogP contribution in [0.2, 0.25) is 0 Å². The van der Waals surface area contributed by atoms with Crippen LogP contribution in [0.1, 0.15) is 30.5 Å². The molecule has 1 atom stereocenters. The van der Waals surface area contributed by atoms with Crippen molar-refractivity contribution in [2.24, 2.45) is 0 Å². The van der Waals surface area contributed by atoms with E-state index in [-0.39, 0.29) is 6.04 Å². The van der Waals surface area contributed by atoms with Gasteiger partial charge in [0.2, 0.25) is 0 Å². The second-order valence-corrected chi connectivity index (χ2v) is 5.60. The Hall–Kier alpha value is -1.32. The van der Waals surface area contributed by atoms with Gasteiger partial charge < -0.3 is 10.1 Å². The molecule has 0 aliphatic heterocycles. The summed E-state index contributed by atoms with van der Waals surface area (Å²) < 4.78 is 6.57. The first-order chi connectivity index (χ1) is 9.76. The summed E-state index contributed by atoms with van der Waals surface area (Å²) in [5, 5.41) is 3.60. The van der Waals surface area contributed by atoms with Gasteiger partial charge in [-0.15, -0.1) is 0 Å². The molecule has 20 heavy (non-hydrogen) atoms. The van der Waals surface area contributed by atoms with Crippen LogP contribution in [0, 0.1) is 0 Å². The van der Waals surface area contributed by atoms with Crippen molar-refractivity contribution in [2.75, 3.05) is 13.7 Å². The lowest BCUT2D eigenvalue weighted by Gasteiger charge is -2.22. The van der Waals surface area contributed by atoms with E-state index in [4.69, 9.17) is 4.74 Å². The fraction of sp³-hybridized carbons (Fsp3) is 0.294. The molecule has 2 nitrogen and oxygen atoms in total. The Balaban J connectivity index is 2.41. The molecule has 0 saturated carbocycles. The molecule has 0 heterocycles. The lowest BCUT2D eigenvalue weighted by Crippen LogP contribution is -2.23. The average molecular weight is 334 g/mol. The third-order valence-corrected chi connectivity index (χ3v) is 3.73. The molecular weight excluding hydrogens is 314 g/mol. The summed E-state index contributed by atoms with van der Waals surface area (Å²) in [5.41, 5.74) is 2.41. The number of methoxy groups -OCH3 is 1. The van der Waals surface area contributed by atoms with Gasteiger partial charge in [0.15, 0.2) is 0 Å². The second kappa shape index (κ2) is 7.46. The molecule has 2 aromatic rings. The molecule has 3 heteroatoms. The Morgan fingerprint density at radius 3 is 2.55 bits per heavy atom. The number of hydrogen-bond acceptors (Lipinski definition) is 2. The molecule has 0 radical (unpaired) electrons. The van der Waals surface area contributed by atoms with E-state index < -0.39 is 0 Å². The smallest absolute Gasteiger partial charge is 0.125 e. The number of halogens is 1. The van der Waals surface area contributed by atoms with Crippen molar-refractivity contribution in [3.8, 4) is 5.75 Å². The van der Waals surface area contributed by atoms with E-state index in [0.717, 1.165) is 28.8 Å². The SMILES string of the molecule is CCCNC(c1ccccc1)c1ccc(Br)cc1OC. The highest BCUT2D eigenvalue weighted by atomic mass is 79.9. The van der Waals surface area contributed by atoms with Gasteiger partial charge in [-0.05, 0) is 30.7 Å². The Morgan fingerprint density at radius 2 is 1.90 bits per heavy atom. The van der Waals surface area contributed by atoms with Crippen molar-refractivity contribution in [1.29, 1.82) is 0 Å². The third kappa shape index (κ3) is 3.62. The molecule has 0 fully saturated rings. The Morgan fingerprint density at radius 1 is 1.15 bits per heavy atom. The van der Waals surface area contributed by atoms with Crippen LogP contribution in [0.25, 0.3) is 0 Å². The summed E-state index contributed by atoms with van der Waals surface area (Å²) in [5.74, 6) is 0.900. The van der Waals surface area contributed by atoms with Gasteiger partial charge in [-0.25, -0.2) is 0 Å². The largest absolute Gasteiger partial charge is 0.496 e. The van der Waals surface area contributed by atoms with E-state index in [2.05, 4.69) is 64.6 Å². The normalized spacial score (nSPS) is 12.2. The first-order valence-electron chi connectivity index (χ1n) is 6.88. The zero-order valence-corrected chi connectivity index (χ0v) is 13.5. The van der Waals surface area contributed by atoms with Gasteiger partial charge in [-0.3, -0.25) is 0 Å². The summed E-state index contributed by atoms with van der Waals surface area (Å²) >= 11 is 3.49. The number of hydrogen-bond donors (Lipinski definition) is 1. The van der Waals surface area contributed by atoms with Gasteiger partial charge in [0.05, 0.1) is 13.2 Å². The lowest BCUT2D eigenvalue weighted by molar-refractivity contribution is 0.403. The molecule has 0 aromatic heterocycles. The summed E-state index contributed by atoms with van der Waals surface area (Å²) in [7, 11) is 1.72. The molecule has 0 spiro atoms. The highest BCUT2D eigenvalue weighted by molar-refractivity contribution is 9.10. The van der Waals surface area contributed by atoms with E-state index >= 15 is 0 Å². The first-order valence-corrected chi connectivity index (χ1v) is 7.67. The predicted octanol–water partition coefficient (Wildman–Crippen LogP) is 4.55. The van der Waals surface area contributed by atoms with Gasteiger partial charge in [0.1, 0.15) is 5.75 Å². The lowest BCUT2D eigenvalue weighted by atomic mass is 9.97. The molecule has 1 N–H and O–H groups in total. The molecule has 0 aliphatic rings. The Kier molecular flexibility index (Phi) is 5.62. The van der Waals surface area contributed by atoms with Crippen LogP contribution in [0.3, 0.4) is 0 Å². The second-order valence-electron chi connectivity index (χ2n) is 4.68. The van der Waals surface area contributed by atoms with Crippen molar-refractivity contribution >= 4 is 15.9 Å². The Labute approximate surface area is 129 Å². The Bertz CT molecular complexity index is 542. The van der Waals surface area contributed by atoms with Crippen LogP contribution in [0.5, 0.6) is 5.75 Å². The zero-order chi connectivity index (χ0) is 14.4. The van der Waals surface area contributed by atoms with E-state index in [1.807, 2.05) is 12.1 Å². The van der Waals surface area contributed by atoms with E-state index in [0.29, 0.717) is 0 Å². The van der Waals surface area contributed by atoms with Crippen LogP contribution in [-0.2, 0) is 0 Å². The average Bonchev–Trinajstić information content (AvgIpc) is 2.49. The van der Waals surface area contributed by atoms with Crippen LogP contribution < -0.4 is 10.1 Å². The molecule has 0 bridgehead atoms. The molecule has 0 amide bonds. The minimum absolute atomic E-state index is 0.152. The number of nitrogens with one attached hydrogen (secondary N) is 1. The number of ether oxygens (including phenoxy) is 1. The molecule has 0 aliphatic carbocycles. The summed E-state index contributed by atoms with van der Waals surface area (Å²) in [6.07, 6.45) is 1.10. The standard InChI is InChI=1S/C17H20BrNO/c1-3-11-19-17(13-7-5-4-6-8-13)15-10-9-14(18)12-16(15)20-2/h4-10,12,17,19H,3,11H2,1-2H3. The van der Waals surface area contributed by atoms with Gasteiger partial charge in [0.25, 0.3) is 0 Å². The van der Waals surface area contributed by atoms with Gasteiger partial charge >= 0.3 is 0 Å². The van der Waals surface area contributed by atoms with Crippen LogP contribution in [0.15, 0.2) is 53.0 Å². The molecule has 2 rings (SSSR count). The van der Waals surface area contributed by atoms with Crippen molar-refractivity contribution < 1.29 is 4.74 Å². The molecule has 2 aromatic carbocycles. The third-order valence-electron chi connectivity index (χ3n) is 3.24. The van der Waals surface area contributed by atoms with Crippen molar-refractivity contribution in [3.05, 3.63) is 64.1 Å². The molecular formula is C17H20BrNO. The maximum atomic E-state index is 5.54. The highest BCUT2D eigenvalue weighted by Crippen LogP contribution is 2.32. The van der Waals surface area contributed by atoms with E-state index in [1.165, 1.54) is 5.56 Å². The fourth-order valence-electron chi connectivity index (χ4n) is 2.26. The van der Waals surface area contributed by atoms with Crippen molar-refractivity contribution in [2.45, 2.75) is 19.4 Å². The van der Waals surface area contributed by atoms with Crippen LogP contribution in [0.4, 0.5) is 0 Å². The van der Waals surface area contributed by atoms with E-state index in [9.17, 15) is 0 Å². The molecule has 106 valence electrons. The van der Waals surface area contributed by atoms with Gasteiger partial charge in [-0.1, -0.05) is 59.3 Å². The fourth-order valence-corrected chi connectivity index (χ4v) is 2.61. The van der Waals surface area contributed by atoms with Crippen LogP contribution >= 0.6 is 15.9 Å². The minimum Gasteiger partial charge on any atom is -0.496 e. The highest BCUT2D eigenvalue weighted by Gasteiger charge is 2.17. The molecule has 0 saturated heterocycles. The minimum atomic E-state index is 0.152. The quantitative estimate of drug-likeness (QED) is 0.837. The van der Waals surface area contributed by atoms with Crippen molar-refractivity contribution in [1.82, 2.24) is 5.32 Å². The number of rotatable bonds is 6. The summed E-state index contributed by atoms with van der Waals surface area (Å²) in [6, 6.07) is 16.8. The van der Waals surface area contributed by atoms with Gasteiger partial charge in [0, 0.05) is 10.0 Å². The predicted molar refractivity (Wildman–Crippen MR) is 87.3 cm³/mol. The zero-order valence-electron chi connectivity index (χ0n) is 11.9. The van der Waals surface area contributed by atoms with E-state index in [1.54, 1.807) is 7.11 Å². The number of benzene rings is 2. The van der Waals surface area contributed by atoms with Gasteiger partial charge in [-0.2, -0.15) is 0 Å². The summed E-state index contributed by atoms with van der Waals surface area (Å²) in [4.78, 5) is 0. The molecule has 1 unspecified atom stereocenters. The van der Waals surface area contributed by atoms with Crippen molar-refractivity contribution in [3.63, 3.8) is 0 Å². The van der Waals surface area contributed by atoms with Crippen LogP contribution in [-0.4, -0.2) is 13.7 Å². The maximum Gasteiger partial charge on any atom is 0.125 e.